The number of nitrogens with two attached hydrogens (primary N) is 1. The quantitative estimate of drug-likeness (QED) is 0.778. The topological polar surface area (TPSA) is 26.0 Å². The van der Waals surface area contributed by atoms with Gasteiger partial charge in [0.15, 0.2) is 0 Å². The Morgan fingerprint density at radius 2 is 2.00 bits per heavy atom. The van der Waals surface area contributed by atoms with Crippen LogP contribution < -0.4 is 5.73 Å². The van der Waals surface area contributed by atoms with E-state index in [0.29, 0.717) is 11.1 Å². The fourth-order valence-corrected chi connectivity index (χ4v) is 1.37. The second kappa shape index (κ2) is 3.65. The van der Waals surface area contributed by atoms with Gasteiger partial charge in [0.05, 0.1) is 0 Å². The standard InChI is InChI=1S/C11H15F2N/c1-7-4-5-9(12)6-10(7)11(3,13)8(2)14/h4-6,8H,14H2,1-3H3. The second-order valence-electron chi connectivity index (χ2n) is 3.82. The van der Waals surface area contributed by atoms with Crippen molar-refractivity contribution in [2.24, 2.45) is 5.73 Å². The molecule has 2 atom stereocenters. The van der Waals surface area contributed by atoms with Gasteiger partial charge in [-0.1, -0.05) is 6.07 Å². The largest absolute Gasteiger partial charge is 0.325 e. The Balaban J connectivity index is 3.24. The van der Waals surface area contributed by atoms with Crippen molar-refractivity contribution in [2.45, 2.75) is 32.5 Å². The van der Waals surface area contributed by atoms with Gasteiger partial charge in [-0.25, -0.2) is 8.78 Å². The highest BCUT2D eigenvalue weighted by molar-refractivity contribution is 5.32. The molecule has 78 valence electrons. The van der Waals surface area contributed by atoms with Gasteiger partial charge in [0.2, 0.25) is 0 Å². The SMILES string of the molecule is Cc1ccc(F)cc1C(C)(F)C(C)N. The molecule has 3 heteroatoms. The van der Waals surface area contributed by atoms with Crippen molar-refractivity contribution in [3.8, 4) is 0 Å². The Morgan fingerprint density at radius 1 is 1.43 bits per heavy atom. The Morgan fingerprint density at radius 3 is 2.50 bits per heavy atom. The Labute approximate surface area is 82.9 Å². The summed E-state index contributed by atoms with van der Waals surface area (Å²) in [5.74, 6) is -0.435. The average Bonchev–Trinajstić information content (AvgIpc) is 2.08. The maximum Gasteiger partial charge on any atom is 0.148 e. The number of alkyl halides is 1. The lowest BCUT2D eigenvalue weighted by Gasteiger charge is -2.26. The fraction of sp³-hybridized carbons (Fsp3) is 0.455. The van der Waals surface area contributed by atoms with E-state index >= 15 is 0 Å². The number of halogens is 2. The van der Waals surface area contributed by atoms with E-state index in [1.54, 1.807) is 19.9 Å². The molecule has 2 N–H and O–H groups in total. The van der Waals surface area contributed by atoms with Gasteiger partial charge in [-0.2, -0.15) is 0 Å². The first-order valence-corrected chi connectivity index (χ1v) is 4.57. The van der Waals surface area contributed by atoms with Gasteiger partial charge in [-0.15, -0.1) is 0 Å². The highest BCUT2D eigenvalue weighted by Gasteiger charge is 2.32. The van der Waals surface area contributed by atoms with Gasteiger partial charge in [-0.05, 0) is 44.0 Å². The first kappa shape index (κ1) is 11.1. The minimum absolute atomic E-state index is 0.326. The summed E-state index contributed by atoms with van der Waals surface area (Å²) in [4.78, 5) is 0. The summed E-state index contributed by atoms with van der Waals surface area (Å²) < 4.78 is 27.0. The lowest BCUT2D eigenvalue weighted by atomic mass is 9.88. The molecule has 0 saturated carbocycles. The molecule has 0 amide bonds. The highest BCUT2D eigenvalue weighted by atomic mass is 19.1. The van der Waals surface area contributed by atoms with Gasteiger partial charge < -0.3 is 5.73 Å². The maximum absolute atomic E-state index is 14.1. The van der Waals surface area contributed by atoms with Gasteiger partial charge in [0.1, 0.15) is 11.5 Å². The van der Waals surface area contributed by atoms with Crippen LogP contribution in [0.5, 0.6) is 0 Å². The zero-order valence-electron chi connectivity index (χ0n) is 8.64. The molecule has 1 nitrogen and oxygen atoms in total. The Kier molecular flexibility index (Phi) is 2.90. The second-order valence-corrected chi connectivity index (χ2v) is 3.82. The third-order valence-electron chi connectivity index (χ3n) is 2.58. The van der Waals surface area contributed by atoms with Crippen LogP contribution in [0.15, 0.2) is 18.2 Å². The summed E-state index contributed by atoms with van der Waals surface area (Å²) in [6, 6.07) is 3.42. The molecule has 2 unspecified atom stereocenters. The minimum atomic E-state index is -1.69. The van der Waals surface area contributed by atoms with E-state index < -0.39 is 17.5 Å². The molecule has 0 aromatic heterocycles. The van der Waals surface area contributed by atoms with E-state index in [4.69, 9.17) is 5.73 Å². The van der Waals surface area contributed by atoms with Crippen molar-refractivity contribution in [3.63, 3.8) is 0 Å². The van der Waals surface area contributed by atoms with Crippen LogP contribution in [-0.4, -0.2) is 6.04 Å². The van der Waals surface area contributed by atoms with Crippen LogP contribution in [0.25, 0.3) is 0 Å². The normalized spacial score (nSPS) is 17.6. The van der Waals surface area contributed by atoms with Gasteiger partial charge in [0.25, 0.3) is 0 Å². The van der Waals surface area contributed by atoms with Crippen LogP contribution in [0.2, 0.25) is 0 Å². The number of benzene rings is 1. The van der Waals surface area contributed by atoms with Crippen molar-refractivity contribution in [2.75, 3.05) is 0 Å². The molecule has 1 aromatic rings. The molecule has 1 rings (SSSR count). The number of hydrogen-bond donors (Lipinski definition) is 1. The van der Waals surface area contributed by atoms with E-state index in [0.717, 1.165) is 0 Å². The monoisotopic (exact) mass is 199 g/mol. The number of hydrogen-bond acceptors (Lipinski definition) is 1. The molecule has 14 heavy (non-hydrogen) atoms. The molecule has 0 aliphatic rings. The van der Waals surface area contributed by atoms with Gasteiger partial charge >= 0.3 is 0 Å². The minimum Gasteiger partial charge on any atom is -0.325 e. The van der Waals surface area contributed by atoms with Crippen LogP contribution >= 0.6 is 0 Å². The maximum atomic E-state index is 14.1. The van der Waals surface area contributed by atoms with Gasteiger partial charge in [-0.3, -0.25) is 0 Å². The van der Waals surface area contributed by atoms with Crippen molar-refractivity contribution in [3.05, 3.63) is 35.1 Å². The smallest absolute Gasteiger partial charge is 0.148 e. The van der Waals surface area contributed by atoms with Crippen molar-refractivity contribution in [1.29, 1.82) is 0 Å². The molecule has 0 heterocycles. The summed E-state index contributed by atoms with van der Waals surface area (Å²) in [5.41, 5.74) is 4.88. The third-order valence-corrected chi connectivity index (χ3v) is 2.58. The lowest BCUT2D eigenvalue weighted by Crippen LogP contribution is -2.37. The predicted molar refractivity (Wildman–Crippen MR) is 53.2 cm³/mol. The van der Waals surface area contributed by atoms with Crippen molar-refractivity contribution < 1.29 is 8.78 Å². The first-order valence-electron chi connectivity index (χ1n) is 4.57. The van der Waals surface area contributed by atoms with Crippen LogP contribution in [0.1, 0.15) is 25.0 Å². The molecule has 0 aliphatic heterocycles. The molecular formula is C11H15F2N. The fourth-order valence-electron chi connectivity index (χ4n) is 1.37. The summed E-state index contributed by atoms with van der Waals surface area (Å²) in [7, 11) is 0. The Hall–Kier alpha value is -0.960. The van der Waals surface area contributed by atoms with E-state index in [9.17, 15) is 8.78 Å². The first-order chi connectivity index (χ1) is 6.35. The molecule has 1 aromatic carbocycles. The zero-order valence-corrected chi connectivity index (χ0v) is 8.64. The lowest BCUT2D eigenvalue weighted by molar-refractivity contribution is 0.156. The zero-order chi connectivity index (χ0) is 10.9. The summed E-state index contributed by atoms with van der Waals surface area (Å²) in [6.45, 7) is 4.69. The number of aryl methyl sites for hydroxylation is 1. The van der Waals surface area contributed by atoms with Crippen LogP contribution in [0.4, 0.5) is 8.78 Å². The summed E-state index contributed by atoms with van der Waals surface area (Å²) >= 11 is 0. The summed E-state index contributed by atoms with van der Waals surface area (Å²) in [5, 5.41) is 0. The molecule has 0 bridgehead atoms. The predicted octanol–water partition coefficient (Wildman–Crippen LogP) is 2.67. The van der Waals surface area contributed by atoms with Crippen LogP contribution in [0.3, 0.4) is 0 Å². The van der Waals surface area contributed by atoms with E-state index in [-0.39, 0.29) is 0 Å². The number of rotatable bonds is 2. The average molecular weight is 199 g/mol. The third kappa shape index (κ3) is 1.93. The molecule has 0 fully saturated rings. The van der Waals surface area contributed by atoms with Gasteiger partial charge in [0, 0.05) is 6.04 Å². The molecule has 0 aliphatic carbocycles. The van der Waals surface area contributed by atoms with Crippen LogP contribution in [0, 0.1) is 12.7 Å². The van der Waals surface area contributed by atoms with Crippen molar-refractivity contribution >= 4 is 0 Å². The van der Waals surface area contributed by atoms with E-state index in [1.165, 1.54) is 19.1 Å². The molecule has 0 radical (unpaired) electrons. The molecule has 0 saturated heterocycles. The van der Waals surface area contributed by atoms with Crippen molar-refractivity contribution in [1.82, 2.24) is 0 Å². The van der Waals surface area contributed by atoms with E-state index in [1.807, 2.05) is 0 Å². The highest BCUT2D eigenvalue weighted by Crippen LogP contribution is 2.31. The van der Waals surface area contributed by atoms with E-state index in [2.05, 4.69) is 0 Å². The summed E-state index contributed by atoms with van der Waals surface area (Å²) in [6.07, 6.45) is 0. The Bertz CT molecular complexity index is 332. The van der Waals surface area contributed by atoms with Crippen LogP contribution in [-0.2, 0) is 5.67 Å². The molecule has 0 spiro atoms. The molecular weight excluding hydrogens is 184 g/mol.